The number of aryl methyl sites for hydroxylation is 1. The fraction of sp³-hybridized carbons (Fsp3) is 0.393. The fourth-order valence-electron chi connectivity index (χ4n) is 5.30. The number of nitrogens with one attached hydrogen (secondary N) is 1. The Kier molecular flexibility index (Phi) is 6.65. The van der Waals surface area contributed by atoms with Crippen molar-refractivity contribution in [1.29, 1.82) is 0 Å². The van der Waals surface area contributed by atoms with Crippen LogP contribution in [0.4, 0.5) is 24.5 Å². The molecule has 2 aliphatic heterocycles. The van der Waals surface area contributed by atoms with Crippen molar-refractivity contribution >= 4 is 17.3 Å². The number of benzene rings is 1. The summed E-state index contributed by atoms with van der Waals surface area (Å²) in [5, 5.41) is 13.5. The van der Waals surface area contributed by atoms with Crippen molar-refractivity contribution in [2.45, 2.75) is 45.0 Å². The molecule has 1 unspecified atom stereocenters. The van der Waals surface area contributed by atoms with E-state index in [9.17, 15) is 23.1 Å². The topological polar surface area (TPSA) is 87.6 Å². The number of aliphatic hydroxyl groups is 1. The summed E-state index contributed by atoms with van der Waals surface area (Å²) in [6.45, 7) is 7.40. The molecule has 1 saturated heterocycles. The van der Waals surface area contributed by atoms with Crippen molar-refractivity contribution in [3.63, 3.8) is 0 Å². The standard InChI is InChI=1S/C28H29F3N4O3/c1-16-4-5-19(34-26(36)17-6-7-32-25(11-17)28(29,30)31)12-20(16)18-10-23-22(33-14-18)13-21(27(2,3)37)24-15-38-9-8-35(23)24/h4-7,10-12,14,21,24,37H,8-9,13,15H2,1-3H3,(H,34,36)/t21?,24-/m1/s1. The van der Waals surface area contributed by atoms with E-state index in [1.807, 2.05) is 26.8 Å². The van der Waals surface area contributed by atoms with Crippen LogP contribution in [0.1, 0.15) is 41.2 Å². The number of amides is 1. The predicted molar refractivity (Wildman–Crippen MR) is 137 cm³/mol. The Morgan fingerprint density at radius 1 is 1.16 bits per heavy atom. The molecule has 7 nitrogen and oxygen atoms in total. The van der Waals surface area contributed by atoms with E-state index in [0.29, 0.717) is 31.9 Å². The highest BCUT2D eigenvalue weighted by Crippen LogP contribution is 2.41. The Labute approximate surface area is 218 Å². The molecule has 0 aliphatic carbocycles. The van der Waals surface area contributed by atoms with Crippen molar-refractivity contribution < 1.29 is 27.8 Å². The molecule has 1 fully saturated rings. The molecule has 200 valence electrons. The Bertz CT molecular complexity index is 1370. The number of pyridine rings is 2. The highest BCUT2D eigenvalue weighted by molar-refractivity contribution is 6.04. The zero-order valence-corrected chi connectivity index (χ0v) is 21.3. The lowest BCUT2D eigenvalue weighted by molar-refractivity contribution is -0.141. The number of anilines is 2. The lowest BCUT2D eigenvalue weighted by Gasteiger charge is -2.49. The highest BCUT2D eigenvalue weighted by atomic mass is 19.4. The highest BCUT2D eigenvalue weighted by Gasteiger charge is 2.43. The quantitative estimate of drug-likeness (QED) is 0.505. The maximum atomic E-state index is 13.0. The summed E-state index contributed by atoms with van der Waals surface area (Å²) in [6, 6.07) is 9.43. The summed E-state index contributed by atoms with van der Waals surface area (Å²) in [7, 11) is 0. The van der Waals surface area contributed by atoms with Crippen LogP contribution >= 0.6 is 0 Å². The number of rotatable bonds is 4. The maximum Gasteiger partial charge on any atom is 0.433 e. The molecule has 1 amide bonds. The second kappa shape index (κ2) is 9.67. The second-order valence-electron chi connectivity index (χ2n) is 10.4. The van der Waals surface area contributed by atoms with Gasteiger partial charge in [0.15, 0.2) is 0 Å². The molecule has 1 aromatic carbocycles. The van der Waals surface area contributed by atoms with Crippen LogP contribution < -0.4 is 10.2 Å². The zero-order chi connectivity index (χ0) is 27.2. The number of hydrogen-bond acceptors (Lipinski definition) is 6. The largest absolute Gasteiger partial charge is 0.433 e. The first-order chi connectivity index (χ1) is 17.9. The van der Waals surface area contributed by atoms with Crippen LogP contribution in [-0.2, 0) is 17.3 Å². The number of halogens is 3. The molecule has 38 heavy (non-hydrogen) atoms. The van der Waals surface area contributed by atoms with E-state index >= 15 is 0 Å². The normalized spacial score (nSPS) is 19.5. The summed E-state index contributed by atoms with van der Waals surface area (Å²) in [5.41, 5.74) is 2.88. The van der Waals surface area contributed by atoms with Gasteiger partial charge in [0.2, 0.25) is 0 Å². The third-order valence-electron chi connectivity index (χ3n) is 7.33. The van der Waals surface area contributed by atoms with Gasteiger partial charge in [-0.25, -0.2) is 0 Å². The van der Waals surface area contributed by atoms with Crippen molar-refractivity contribution in [2.75, 3.05) is 30.0 Å². The number of carbonyl (C=O) groups excluding carboxylic acids is 1. The number of fused-ring (bicyclic) bond motifs is 3. The Balaban J connectivity index is 1.44. The molecule has 0 radical (unpaired) electrons. The molecular formula is C28H29F3N4O3. The fourth-order valence-corrected chi connectivity index (χ4v) is 5.30. The minimum Gasteiger partial charge on any atom is -0.390 e. The van der Waals surface area contributed by atoms with Crippen LogP contribution in [-0.4, -0.2) is 52.4 Å². The average molecular weight is 527 g/mol. The van der Waals surface area contributed by atoms with Gasteiger partial charge in [-0.2, -0.15) is 13.2 Å². The van der Waals surface area contributed by atoms with Gasteiger partial charge in [0.1, 0.15) is 5.69 Å². The maximum absolute atomic E-state index is 13.0. The Morgan fingerprint density at radius 3 is 2.68 bits per heavy atom. The van der Waals surface area contributed by atoms with Gasteiger partial charge < -0.3 is 20.1 Å². The summed E-state index contributed by atoms with van der Waals surface area (Å²) in [4.78, 5) is 23.1. The molecule has 0 bridgehead atoms. The van der Waals surface area contributed by atoms with Gasteiger partial charge in [-0.15, -0.1) is 0 Å². The van der Waals surface area contributed by atoms with Crippen LogP contribution in [0, 0.1) is 12.8 Å². The smallest absolute Gasteiger partial charge is 0.390 e. The molecule has 2 aromatic heterocycles. The third kappa shape index (κ3) is 5.10. The molecular weight excluding hydrogens is 497 g/mol. The van der Waals surface area contributed by atoms with Gasteiger partial charge in [0, 0.05) is 41.7 Å². The molecule has 10 heteroatoms. The number of nitrogens with zero attached hydrogens (tertiary/aromatic N) is 3. The van der Waals surface area contributed by atoms with E-state index in [-0.39, 0.29) is 17.5 Å². The summed E-state index contributed by atoms with van der Waals surface area (Å²) in [6.07, 6.45) is -1.25. The monoisotopic (exact) mass is 526 g/mol. The number of ether oxygens (including phenoxy) is 1. The summed E-state index contributed by atoms with van der Waals surface area (Å²) < 4.78 is 44.8. The molecule has 5 rings (SSSR count). The molecule has 2 N–H and O–H groups in total. The van der Waals surface area contributed by atoms with E-state index in [2.05, 4.69) is 21.3 Å². The average Bonchev–Trinajstić information content (AvgIpc) is 2.88. The minimum absolute atomic E-state index is 0.0278. The van der Waals surface area contributed by atoms with Gasteiger partial charge in [-0.3, -0.25) is 14.8 Å². The lowest BCUT2D eigenvalue weighted by Crippen LogP contribution is -2.58. The van der Waals surface area contributed by atoms with Crippen molar-refractivity contribution in [1.82, 2.24) is 9.97 Å². The molecule has 4 heterocycles. The van der Waals surface area contributed by atoms with Crippen LogP contribution in [0.5, 0.6) is 0 Å². The predicted octanol–water partition coefficient (Wildman–Crippen LogP) is 4.87. The number of hydrogen-bond donors (Lipinski definition) is 2. The lowest BCUT2D eigenvalue weighted by atomic mass is 9.77. The van der Waals surface area contributed by atoms with Crippen molar-refractivity contribution in [2.24, 2.45) is 5.92 Å². The van der Waals surface area contributed by atoms with E-state index in [4.69, 9.17) is 9.72 Å². The number of aromatic nitrogens is 2. The van der Waals surface area contributed by atoms with Gasteiger partial charge in [-0.05, 0) is 68.7 Å². The molecule has 0 spiro atoms. The first-order valence-electron chi connectivity index (χ1n) is 12.4. The zero-order valence-electron chi connectivity index (χ0n) is 21.3. The van der Waals surface area contributed by atoms with Gasteiger partial charge in [0.05, 0.1) is 36.2 Å². The van der Waals surface area contributed by atoms with Gasteiger partial charge in [-0.1, -0.05) is 6.07 Å². The third-order valence-corrected chi connectivity index (χ3v) is 7.33. The van der Waals surface area contributed by atoms with E-state index in [1.165, 1.54) is 6.07 Å². The van der Waals surface area contributed by atoms with Crippen LogP contribution in [0.2, 0.25) is 0 Å². The van der Waals surface area contributed by atoms with Gasteiger partial charge >= 0.3 is 6.18 Å². The first-order valence-corrected chi connectivity index (χ1v) is 12.4. The van der Waals surface area contributed by atoms with E-state index in [1.54, 1.807) is 18.3 Å². The number of morpholine rings is 1. The number of alkyl halides is 3. The molecule has 2 aliphatic rings. The minimum atomic E-state index is -4.64. The Morgan fingerprint density at radius 2 is 1.95 bits per heavy atom. The van der Waals surface area contributed by atoms with Gasteiger partial charge in [0.25, 0.3) is 5.91 Å². The van der Waals surface area contributed by atoms with E-state index in [0.717, 1.165) is 40.3 Å². The van der Waals surface area contributed by atoms with Crippen molar-refractivity contribution in [3.8, 4) is 11.1 Å². The van der Waals surface area contributed by atoms with Crippen molar-refractivity contribution in [3.05, 3.63) is 71.3 Å². The SMILES string of the molecule is Cc1ccc(NC(=O)c2ccnc(C(F)(F)F)c2)cc1-c1cnc2c(c1)N1CCOC[C@@H]1C(C(C)(C)O)C2. The molecule has 3 aromatic rings. The van der Waals surface area contributed by atoms with Crippen LogP contribution in [0.3, 0.4) is 0 Å². The van der Waals surface area contributed by atoms with E-state index < -0.39 is 23.4 Å². The molecule has 0 saturated carbocycles. The van der Waals surface area contributed by atoms with Crippen LogP contribution in [0.25, 0.3) is 11.1 Å². The Hall–Kier alpha value is -3.50. The summed E-state index contributed by atoms with van der Waals surface area (Å²) >= 11 is 0. The second-order valence-corrected chi connectivity index (χ2v) is 10.4. The number of carbonyl (C=O) groups is 1. The van der Waals surface area contributed by atoms with Crippen LogP contribution in [0.15, 0.2) is 48.8 Å². The molecule has 2 atom stereocenters. The summed E-state index contributed by atoms with van der Waals surface area (Å²) in [5.74, 6) is -0.690. The first kappa shape index (κ1) is 26.1.